The van der Waals surface area contributed by atoms with Crippen LogP contribution in [0.4, 0.5) is 0 Å². The molecule has 5 heteroatoms. The number of thiazole rings is 1. The minimum atomic E-state index is -0.0747. The number of hydrogen-bond acceptors (Lipinski definition) is 4. The van der Waals surface area contributed by atoms with E-state index in [4.69, 9.17) is 11.6 Å². The lowest BCUT2D eigenvalue weighted by Crippen LogP contribution is -2.23. The Hall–Kier alpha value is -0.940. The van der Waals surface area contributed by atoms with Crippen molar-refractivity contribution in [2.45, 2.75) is 44.2 Å². The number of nitrogens with zero attached hydrogens (tertiary/aromatic N) is 1. The first-order chi connectivity index (χ1) is 10.8. The standard InChI is InChI=1S/C17H21ClN2OS/c18-14-7-5-12(6-8-14)16(11-21)19-9-15-10-20-17(22-15)13-3-1-2-4-13/h5-8,10,13,16,19,21H,1-4,9,11H2. The van der Waals surface area contributed by atoms with Crippen molar-refractivity contribution in [1.29, 1.82) is 0 Å². The van der Waals surface area contributed by atoms with Crippen molar-refractivity contribution in [3.8, 4) is 0 Å². The Morgan fingerprint density at radius 2 is 2.00 bits per heavy atom. The summed E-state index contributed by atoms with van der Waals surface area (Å²) in [6.45, 7) is 0.800. The highest BCUT2D eigenvalue weighted by Gasteiger charge is 2.20. The molecule has 2 aromatic rings. The molecule has 1 aliphatic rings. The molecule has 3 nitrogen and oxygen atoms in total. The van der Waals surface area contributed by atoms with Gasteiger partial charge >= 0.3 is 0 Å². The van der Waals surface area contributed by atoms with Crippen molar-refractivity contribution in [1.82, 2.24) is 10.3 Å². The molecule has 0 radical (unpaired) electrons. The Kier molecular flexibility index (Phi) is 5.47. The third-order valence-electron chi connectivity index (χ3n) is 4.25. The number of aromatic nitrogens is 1. The van der Waals surface area contributed by atoms with Gasteiger partial charge in [0, 0.05) is 28.6 Å². The Labute approximate surface area is 140 Å². The lowest BCUT2D eigenvalue weighted by atomic mass is 10.1. The van der Waals surface area contributed by atoms with Gasteiger partial charge in [-0.05, 0) is 30.5 Å². The summed E-state index contributed by atoms with van der Waals surface area (Å²) in [6, 6.07) is 7.53. The second-order valence-corrected chi connectivity index (χ2v) is 7.40. The zero-order chi connectivity index (χ0) is 15.4. The molecule has 1 fully saturated rings. The van der Waals surface area contributed by atoms with E-state index >= 15 is 0 Å². The predicted molar refractivity (Wildman–Crippen MR) is 91.4 cm³/mol. The second kappa shape index (κ2) is 7.55. The van der Waals surface area contributed by atoms with Gasteiger partial charge in [0.05, 0.1) is 17.7 Å². The van der Waals surface area contributed by atoms with Crippen LogP contribution in [0.3, 0.4) is 0 Å². The summed E-state index contributed by atoms with van der Waals surface area (Å²) in [4.78, 5) is 5.82. The summed E-state index contributed by atoms with van der Waals surface area (Å²) in [6.07, 6.45) is 7.21. The first-order valence-electron chi connectivity index (χ1n) is 7.80. The lowest BCUT2D eigenvalue weighted by molar-refractivity contribution is 0.244. The largest absolute Gasteiger partial charge is 0.394 e. The zero-order valence-electron chi connectivity index (χ0n) is 12.5. The zero-order valence-corrected chi connectivity index (χ0v) is 14.0. The topological polar surface area (TPSA) is 45.1 Å². The highest BCUT2D eigenvalue weighted by molar-refractivity contribution is 7.11. The van der Waals surface area contributed by atoms with E-state index in [9.17, 15) is 5.11 Å². The maximum absolute atomic E-state index is 9.60. The van der Waals surface area contributed by atoms with Crippen LogP contribution in [0.2, 0.25) is 5.02 Å². The van der Waals surface area contributed by atoms with E-state index < -0.39 is 0 Å². The fourth-order valence-electron chi connectivity index (χ4n) is 2.97. The Balaban J connectivity index is 1.59. The summed E-state index contributed by atoms with van der Waals surface area (Å²) in [7, 11) is 0. The minimum Gasteiger partial charge on any atom is -0.394 e. The van der Waals surface area contributed by atoms with Crippen molar-refractivity contribution in [2.75, 3.05) is 6.61 Å². The molecule has 118 valence electrons. The lowest BCUT2D eigenvalue weighted by Gasteiger charge is -2.16. The summed E-state index contributed by atoms with van der Waals surface area (Å²) < 4.78 is 0. The molecule has 22 heavy (non-hydrogen) atoms. The van der Waals surface area contributed by atoms with Gasteiger partial charge in [-0.25, -0.2) is 4.98 Å². The van der Waals surface area contributed by atoms with Gasteiger partial charge in [-0.15, -0.1) is 11.3 Å². The van der Waals surface area contributed by atoms with E-state index in [1.807, 2.05) is 30.5 Å². The molecule has 0 aliphatic heterocycles. The molecule has 0 saturated heterocycles. The molecular formula is C17H21ClN2OS. The predicted octanol–water partition coefficient (Wildman–Crippen LogP) is 4.28. The van der Waals surface area contributed by atoms with Crippen LogP contribution in [0.1, 0.15) is 53.1 Å². The maximum atomic E-state index is 9.60. The van der Waals surface area contributed by atoms with Gasteiger partial charge in [0.2, 0.25) is 0 Å². The fraction of sp³-hybridized carbons (Fsp3) is 0.471. The highest BCUT2D eigenvalue weighted by Crippen LogP contribution is 2.36. The maximum Gasteiger partial charge on any atom is 0.0959 e. The number of halogens is 1. The molecule has 1 aromatic carbocycles. The number of benzene rings is 1. The molecule has 0 amide bonds. The molecule has 1 saturated carbocycles. The van der Waals surface area contributed by atoms with Crippen molar-refractivity contribution in [3.63, 3.8) is 0 Å². The van der Waals surface area contributed by atoms with E-state index in [-0.39, 0.29) is 12.6 Å². The Morgan fingerprint density at radius 3 is 2.68 bits per heavy atom. The molecule has 0 bridgehead atoms. The average molecular weight is 337 g/mol. The van der Waals surface area contributed by atoms with Crippen LogP contribution in [0, 0.1) is 0 Å². The van der Waals surface area contributed by atoms with Crippen molar-refractivity contribution >= 4 is 22.9 Å². The number of nitrogens with one attached hydrogen (secondary N) is 1. The van der Waals surface area contributed by atoms with E-state index in [0.717, 1.165) is 12.1 Å². The number of rotatable bonds is 6. The summed E-state index contributed by atoms with van der Waals surface area (Å²) >= 11 is 7.71. The van der Waals surface area contributed by atoms with E-state index in [2.05, 4.69) is 10.3 Å². The van der Waals surface area contributed by atoms with E-state index in [0.29, 0.717) is 10.9 Å². The van der Waals surface area contributed by atoms with Crippen LogP contribution in [0.15, 0.2) is 30.5 Å². The number of aliphatic hydroxyl groups is 1. The summed E-state index contributed by atoms with van der Waals surface area (Å²) in [5.41, 5.74) is 1.05. The van der Waals surface area contributed by atoms with Crippen molar-refractivity contribution in [2.24, 2.45) is 0 Å². The molecule has 0 spiro atoms. The Bertz CT molecular complexity index is 593. The van der Waals surface area contributed by atoms with Crippen molar-refractivity contribution in [3.05, 3.63) is 50.9 Å². The molecule has 1 heterocycles. The van der Waals surface area contributed by atoms with E-state index in [1.165, 1.54) is 35.6 Å². The first kappa shape index (κ1) is 15.9. The average Bonchev–Trinajstić information content (AvgIpc) is 3.20. The molecule has 1 unspecified atom stereocenters. The smallest absolute Gasteiger partial charge is 0.0959 e. The van der Waals surface area contributed by atoms with Crippen LogP contribution in [0.25, 0.3) is 0 Å². The van der Waals surface area contributed by atoms with Gasteiger partial charge in [-0.1, -0.05) is 36.6 Å². The molecule has 2 N–H and O–H groups in total. The minimum absolute atomic E-state index is 0.0654. The molecule has 1 atom stereocenters. The molecule has 3 rings (SSSR count). The highest BCUT2D eigenvalue weighted by atomic mass is 35.5. The first-order valence-corrected chi connectivity index (χ1v) is 9.00. The summed E-state index contributed by atoms with van der Waals surface area (Å²) in [5, 5.41) is 15.0. The third kappa shape index (κ3) is 3.87. The molecule has 1 aromatic heterocycles. The monoisotopic (exact) mass is 336 g/mol. The third-order valence-corrected chi connectivity index (χ3v) is 5.67. The quantitative estimate of drug-likeness (QED) is 0.827. The van der Waals surface area contributed by atoms with Gasteiger partial charge in [-0.3, -0.25) is 0 Å². The van der Waals surface area contributed by atoms with Gasteiger partial charge in [0.15, 0.2) is 0 Å². The van der Waals surface area contributed by atoms with Crippen LogP contribution in [0.5, 0.6) is 0 Å². The fourth-order valence-corrected chi connectivity index (χ4v) is 4.14. The van der Waals surface area contributed by atoms with Crippen LogP contribution in [-0.4, -0.2) is 16.7 Å². The SMILES string of the molecule is OCC(NCc1cnc(C2CCCC2)s1)c1ccc(Cl)cc1. The van der Waals surface area contributed by atoms with Crippen molar-refractivity contribution < 1.29 is 5.11 Å². The Morgan fingerprint density at radius 1 is 1.27 bits per heavy atom. The van der Waals surface area contributed by atoms with Gasteiger partial charge in [-0.2, -0.15) is 0 Å². The van der Waals surface area contributed by atoms with Crippen LogP contribution < -0.4 is 5.32 Å². The van der Waals surface area contributed by atoms with Crippen LogP contribution >= 0.6 is 22.9 Å². The molecular weight excluding hydrogens is 316 g/mol. The van der Waals surface area contributed by atoms with Gasteiger partial charge in [0.25, 0.3) is 0 Å². The number of aliphatic hydroxyl groups excluding tert-OH is 1. The molecule has 1 aliphatic carbocycles. The summed E-state index contributed by atoms with van der Waals surface area (Å²) in [5.74, 6) is 0.670. The number of hydrogen-bond donors (Lipinski definition) is 2. The second-order valence-electron chi connectivity index (χ2n) is 5.81. The van der Waals surface area contributed by atoms with Gasteiger partial charge < -0.3 is 10.4 Å². The van der Waals surface area contributed by atoms with Gasteiger partial charge in [0.1, 0.15) is 0 Å². The normalized spacial score (nSPS) is 17.0. The van der Waals surface area contributed by atoms with E-state index in [1.54, 1.807) is 11.3 Å². The van der Waals surface area contributed by atoms with Crippen LogP contribution in [-0.2, 0) is 6.54 Å².